The zero-order valence-corrected chi connectivity index (χ0v) is 9.39. The lowest BCUT2D eigenvalue weighted by molar-refractivity contribution is -0.126. The van der Waals surface area contributed by atoms with E-state index in [0.29, 0.717) is 5.92 Å². The second kappa shape index (κ2) is 6.93. The van der Waals surface area contributed by atoms with Gasteiger partial charge in [0.05, 0.1) is 0 Å². The lowest BCUT2D eigenvalue weighted by atomic mass is 9.80. The van der Waals surface area contributed by atoms with Gasteiger partial charge < -0.3 is 5.32 Å². The molecule has 0 saturated heterocycles. The van der Waals surface area contributed by atoms with Crippen LogP contribution in [0.3, 0.4) is 0 Å². The lowest BCUT2D eigenvalue weighted by Crippen LogP contribution is -2.33. The molecule has 0 aliphatic heterocycles. The molecule has 78 valence electrons. The molecule has 2 unspecified atom stereocenters. The van der Waals surface area contributed by atoms with Crippen LogP contribution in [0.25, 0.3) is 0 Å². The number of amides is 1. The van der Waals surface area contributed by atoms with E-state index in [1.165, 1.54) is 19.3 Å². The van der Waals surface area contributed by atoms with E-state index in [0.717, 1.165) is 6.42 Å². The average molecular weight is 185 g/mol. The quantitative estimate of drug-likeness (QED) is 0.668. The highest BCUT2D eigenvalue weighted by Crippen LogP contribution is 2.29. The van der Waals surface area contributed by atoms with Crippen LogP contribution in [0.4, 0.5) is 0 Å². The minimum atomic E-state index is 0.234. The van der Waals surface area contributed by atoms with Gasteiger partial charge in [-0.15, -0.1) is 0 Å². The first-order valence-electron chi connectivity index (χ1n) is 5.47. The summed E-state index contributed by atoms with van der Waals surface area (Å²) in [6, 6.07) is 0. The van der Waals surface area contributed by atoms with Crippen molar-refractivity contribution in [3.8, 4) is 0 Å². The van der Waals surface area contributed by atoms with E-state index in [1.54, 1.807) is 7.05 Å². The van der Waals surface area contributed by atoms with Crippen LogP contribution in [0.5, 0.6) is 0 Å². The second-order valence-corrected chi connectivity index (χ2v) is 3.48. The molecule has 0 bridgehead atoms. The fraction of sp³-hybridized carbons (Fsp3) is 0.909. The maximum atomic E-state index is 11.3. The van der Waals surface area contributed by atoms with Crippen molar-refractivity contribution in [1.82, 2.24) is 5.32 Å². The van der Waals surface area contributed by atoms with Gasteiger partial charge in [0.25, 0.3) is 0 Å². The number of hydrogen-bond acceptors (Lipinski definition) is 1. The van der Waals surface area contributed by atoms with E-state index in [-0.39, 0.29) is 11.8 Å². The summed E-state index contributed by atoms with van der Waals surface area (Å²) in [5, 5.41) is 2.73. The monoisotopic (exact) mass is 185 g/mol. The molecule has 1 fully saturated rings. The van der Waals surface area contributed by atoms with E-state index < -0.39 is 0 Å². The first-order valence-corrected chi connectivity index (χ1v) is 5.47. The molecule has 2 atom stereocenters. The van der Waals surface area contributed by atoms with Gasteiger partial charge in [0.2, 0.25) is 5.91 Å². The van der Waals surface area contributed by atoms with E-state index in [1.807, 2.05) is 13.8 Å². The fourth-order valence-corrected chi connectivity index (χ4v) is 1.89. The van der Waals surface area contributed by atoms with E-state index >= 15 is 0 Å². The van der Waals surface area contributed by atoms with Crippen LogP contribution < -0.4 is 5.32 Å². The summed E-state index contributed by atoms with van der Waals surface area (Å²) in [5.74, 6) is 1.11. The van der Waals surface area contributed by atoms with Crippen LogP contribution in [0.1, 0.15) is 46.5 Å². The van der Waals surface area contributed by atoms with Crippen molar-refractivity contribution in [1.29, 1.82) is 0 Å². The van der Waals surface area contributed by atoms with E-state index in [4.69, 9.17) is 0 Å². The smallest absolute Gasteiger partial charge is 0.223 e. The summed E-state index contributed by atoms with van der Waals surface area (Å²) < 4.78 is 0. The number of hydrogen-bond donors (Lipinski definition) is 1. The molecule has 1 N–H and O–H groups in total. The molecule has 1 aliphatic carbocycles. The van der Waals surface area contributed by atoms with E-state index in [2.05, 4.69) is 12.2 Å². The van der Waals surface area contributed by atoms with Crippen LogP contribution in [-0.4, -0.2) is 13.0 Å². The maximum Gasteiger partial charge on any atom is 0.223 e. The molecule has 0 aromatic heterocycles. The Labute approximate surface area is 82.1 Å². The third-order valence-corrected chi connectivity index (χ3v) is 2.69. The first-order chi connectivity index (χ1) is 6.25. The van der Waals surface area contributed by atoms with Gasteiger partial charge in [0.1, 0.15) is 0 Å². The van der Waals surface area contributed by atoms with Crippen LogP contribution >= 0.6 is 0 Å². The molecular formula is C11H23NO. The predicted octanol–water partition coefficient (Wildman–Crippen LogP) is 2.58. The highest BCUT2D eigenvalue weighted by atomic mass is 16.1. The number of carbonyl (C=O) groups excluding carboxylic acids is 1. The third kappa shape index (κ3) is 3.79. The molecule has 0 spiro atoms. The third-order valence-electron chi connectivity index (χ3n) is 2.69. The summed E-state index contributed by atoms with van der Waals surface area (Å²) in [5.41, 5.74) is 0. The van der Waals surface area contributed by atoms with Crippen molar-refractivity contribution in [2.45, 2.75) is 46.5 Å². The Morgan fingerprint density at radius 2 is 1.77 bits per heavy atom. The lowest BCUT2D eigenvalue weighted by Gasteiger charge is -2.26. The van der Waals surface area contributed by atoms with Crippen molar-refractivity contribution >= 4 is 5.91 Å². The van der Waals surface area contributed by atoms with Gasteiger partial charge in [0.15, 0.2) is 0 Å². The highest BCUT2D eigenvalue weighted by Gasteiger charge is 2.26. The van der Waals surface area contributed by atoms with Crippen molar-refractivity contribution in [3.63, 3.8) is 0 Å². The summed E-state index contributed by atoms with van der Waals surface area (Å²) in [6.07, 6.45) is 4.83. The summed E-state index contributed by atoms with van der Waals surface area (Å²) in [6.45, 7) is 6.18. The molecule has 1 saturated carbocycles. The van der Waals surface area contributed by atoms with Crippen molar-refractivity contribution in [2.24, 2.45) is 11.8 Å². The van der Waals surface area contributed by atoms with Crippen molar-refractivity contribution in [3.05, 3.63) is 0 Å². The van der Waals surface area contributed by atoms with Gasteiger partial charge in [-0.2, -0.15) is 0 Å². The predicted molar refractivity (Wildman–Crippen MR) is 56.5 cm³/mol. The number of rotatable bonds is 1. The van der Waals surface area contributed by atoms with E-state index in [9.17, 15) is 4.79 Å². The van der Waals surface area contributed by atoms with Gasteiger partial charge >= 0.3 is 0 Å². The highest BCUT2D eigenvalue weighted by molar-refractivity contribution is 5.78. The Balaban J connectivity index is 0.000000671. The minimum Gasteiger partial charge on any atom is -0.359 e. The maximum absolute atomic E-state index is 11.3. The second-order valence-electron chi connectivity index (χ2n) is 3.48. The molecule has 1 aliphatic rings. The molecule has 2 nitrogen and oxygen atoms in total. The van der Waals surface area contributed by atoms with Crippen molar-refractivity contribution < 1.29 is 4.79 Å². The van der Waals surface area contributed by atoms with Crippen molar-refractivity contribution in [2.75, 3.05) is 7.05 Å². The first kappa shape index (κ1) is 12.5. The minimum absolute atomic E-state index is 0.234. The zero-order chi connectivity index (χ0) is 10.3. The summed E-state index contributed by atoms with van der Waals surface area (Å²) in [7, 11) is 1.73. The SMILES string of the molecule is CC.CNC(=O)C1CCCCC1C. The van der Waals surface area contributed by atoms with Gasteiger partial charge in [-0.25, -0.2) is 0 Å². The van der Waals surface area contributed by atoms with Gasteiger partial charge in [-0.3, -0.25) is 4.79 Å². The molecule has 2 heteroatoms. The Morgan fingerprint density at radius 1 is 1.23 bits per heavy atom. The fourth-order valence-electron chi connectivity index (χ4n) is 1.89. The van der Waals surface area contributed by atoms with Gasteiger partial charge in [0, 0.05) is 13.0 Å². The summed E-state index contributed by atoms with van der Waals surface area (Å²) in [4.78, 5) is 11.3. The average Bonchev–Trinajstić information content (AvgIpc) is 2.20. The topological polar surface area (TPSA) is 29.1 Å². The van der Waals surface area contributed by atoms with Crippen LogP contribution in [-0.2, 0) is 4.79 Å². The Hall–Kier alpha value is -0.530. The molecule has 0 radical (unpaired) electrons. The van der Waals surface area contributed by atoms with Gasteiger partial charge in [-0.05, 0) is 18.8 Å². The molecular weight excluding hydrogens is 162 g/mol. The summed E-state index contributed by atoms with van der Waals surface area (Å²) >= 11 is 0. The molecule has 1 amide bonds. The number of nitrogens with one attached hydrogen (secondary N) is 1. The van der Waals surface area contributed by atoms with Crippen LogP contribution in [0, 0.1) is 11.8 Å². The Bertz CT molecular complexity index is 145. The molecule has 1 rings (SSSR count). The number of carbonyl (C=O) groups is 1. The molecule has 13 heavy (non-hydrogen) atoms. The Morgan fingerprint density at radius 3 is 2.23 bits per heavy atom. The Kier molecular flexibility index (Phi) is 6.65. The van der Waals surface area contributed by atoms with Crippen LogP contribution in [0.15, 0.2) is 0 Å². The standard InChI is InChI=1S/C9H17NO.C2H6/c1-7-5-3-4-6-8(7)9(11)10-2;1-2/h7-8H,3-6H2,1-2H3,(H,10,11);1-2H3. The largest absolute Gasteiger partial charge is 0.359 e. The normalized spacial score (nSPS) is 27.1. The molecule has 0 aromatic carbocycles. The molecule has 0 heterocycles. The zero-order valence-electron chi connectivity index (χ0n) is 9.39. The van der Waals surface area contributed by atoms with Gasteiger partial charge in [-0.1, -0.05) is 33.6 Å². The molecule has 0 aromatic rings. The van der Waals surface area contributed by atoms with Crippen LogP contribution in [0.2, 0.25) is 0 Å².